The lowest BCUT2D eigenvalue weighted by molar-refractivity contribution is 0.353. The zero-order valence-electron chi connectivity index (χ0n) is 23.5. The Morgan fingerprint density at radius 1 is 0.476 bits per heavy atom. The number of nitrogens with zero attached hydrogens (tertiary/aromatic N) is 3. The van der Waals surface area contributed by atoms with Crippen LogP contribution in [0.1, 0.15) is 43.2 Å². The van der Waals surface area contributed by atoms with Crippen LogP contribution in [0.4, 0.5) is 0 Å². The lowest BCUT2D eigenvalue weighted by atomic mass is 9.68. The summed E-state index contributed by atoms with van der Waals surface area (Å²) in [5.74, 6) is 0. The highest BCUT2D eigenvalue weighted by Crippen LogP contribution is 2.57. The second-order valence-corrected chi connectivity index (χ2v) is 11.6. The molecule has 6 aromatic rings. The predicted molar refractivity (Wildman–Crippen MR) is 171 cm³/mol. The van der Waals surface area contributed by atoms with Crippen LogP contribution in [-0.4, -0.2) is 15.0 Å². The van der Waals surface area contributed by atoms with Crippen LogP contribution in [0.15, 0.2) is 128 Å². The Morgan fingerprint density at radius 3 is 1.90 bits per heavy atom. The zero-order chi connectivity index (χ0) is 27.9. The van der Waals surface area contributed by atoms with Crippen LogP contribution in [0.5, 0.6) is 0 Å². The van der Waals surface area contributed by atoms with E-state index in [4.69, 9.17) is 4.98 Å². The molecule has 0 N–H and O–H groups in total. The molecule has 3 heterocycles. The standard InChI is InChI=1S/C39H31N3/c1-4-18-39(19-5-1)34-16-3-2-14-33(34)38-32(15-7-17-35(38)39)27-10-6-11-28(22-27)36-23-31(29-12-8-20-40-25-29)24-37(42-36)30-13-9-21-41-26-30/h2-3,6-17,20-26H,1,4-5,18-19H2. The van der Waals surface area contributed by atoms with Gasteiger partial charge in [0.15, 0.2) is 0 Å². The quantitative estimate of drug-likeness (QED) is 0.223. The molecule has 0 aliphatic heterocycles. The van der Waals surface area contributed by atoms with E-state index in [1.807, 2.05) is 30.7 Å². The third-order valence-electron chi connectivity index (χ3n) is 9.25. The first-order chi connectivity index (χ1) is 20.8. The fourth-order valence-electron chi connectivity index (χ4n) is 7.33. The second-order valence-electron chi connectivity index (χ2n) is 11.6. The van der Waals surface area contributed by atoms with Gasteiger partial charge in [-0.25, -0.2) is 4.98 Å². The molecular weight excluding hydrogens is 510 g/mol. The van der Waals surface area contributed by atoms with Gasteiger partial charge in [0, 0.05) is 46.9 Å². The van der Waals surface area contributed by atoms with Gasteiger partial charge in [-0.3, -0.25) is 9.97 Å². The molecule has 42 heavy (non-hydrogen) atoms. The van der Waals surface area contributed by atoms with E-state index < -0.39 is 0 Å². The number of pyridine rings is 3. The molecule has 0 radical (unpaired) electrons. The molecule has 1 fully saturated rings. The highest BCUT2D eigenvalue weighted by Gasteiger charge is 2.44. The Hall–Kier alpha value is -4.89. The van der Waals surface area contributed by atoms with Crippen molar-refractivity contribution in [3.05, 3.63) is 139 Å². The van der Waals surface area contributed by atoms with Crippen molar-refractivity contribution in [2.24, 2.45) is 0 Å². The number of benzene rings is 3. The van der Waals surface area contributed by atoms with Gasteiger partial charge in [0.05, 0.1) is 11.4 Å². The molecule has 1 spiro atoms. The van der Waals surface area contributed by atoms with E-state index in [1.54, 1.807) is 6.20 Å². The summed E-state index contributed by atoms with van der Waals surface area (Å²) in [5.41, 5.74) is 14.6. The van der Waals surface area contributed by atoms with Crippen molar-refractivity contribution in [1.29, 1.82) is 0 Å². The van der Waals surface area contributed by atoms with Gasteiger partial charge in [0.25, 0.3) is 0 Å². The molecule has 1 saturated carbocycles. The highest BCUT2D eigenvalue weighted by atomic mass is 14.7. The Balaban J connectivity index is 1.29. The van der Waals surface area contributed by atoms with Crippen LogP contribution in [0.25, 0.3) is 55.9 Å². The van der Waals surface area contributed by atoms with Gasteiger partial charge >= 0.3 is 0 Å². The van der Waals surface area contributed by atoms with Gasteiger partial charge in [0.1, 0.15) is 0 Å². The Labute approximate surface area is 247 Å². The first-order valence-electron chi connectivity index (χ1n) is 15.0. The largest absolute Gasteiger partial charge is 0.264 e. The number of rotatable bonds is 4. The van der Waals surface area contributed by atoms with Crippen molar-refractivity contribution in [3.63, 3.8) is 0 Å². The van der Waals surface area contributed by atoms with Crippen molar-refractivity contribution in [2.45, 2.75) is 37.5 Å². The zero-order valence-corrected chi connectivity index (χ0v) is 23.5. The fourth-order valence-corrected chi connectivity index (χ4v) is 7.33. The molecule has 3 heteroatoms. The molecule has 0 unspecified atom stereocenters. The molecule has 2 aliphatic carbocycles. The molecule has 0 amide bonds. The average molecular weight is 542 g/mol. The van der Waals surface area contributed by atoms with Gasteiger partial charge in [-0.2, -0.15) is 0 Å². The van der Waals surface area contributed by atoms with Crippen molar-refractivity contribution in [3.8, 4) is 55.9 Å². The molecule has 3 nitrogen and oxygen atoms in total. The topological polar surface area (TPSA) is 38.7 Å². The summed E-state index contributed by atoms with van der Waals surface area (Å²) in [6.45, 7) is 0. The minimum absolute atomic E-state index is 0.149. The molecule has 3 aromatic carbocycles. The summed E-state index contributed by atoms with van der Waals surface area (Å²) in [5, 5.41) is 0. The van der Waals surface area contributed by atoms with E-state index >= 15 is 0 Å². The third-order valence-corrected chi connectivity index (χ3v) is 9.25. The SMILES string of the molecule is c1cncc(-c2cc(-c3cccnc3)nc(-c3cccc(-c4cccc5c4-c4ccccc4C54CCCCC4)c3)c2)c1. The van der Waals surface area contributed by atoms with Crippen LogP contribution in [-0.2, 0) is 5.41 Å². The molecule has 202 valence electrons. The van der Waals surface area contributed by atoms with Crippen LogP contribution in [0, 0.1) is 0 Å². The summed E-state index contributed by atoms with van der Waals surface area (Å²) in [4.78, 5) is 13.9. The van der Waals surface area contributed by atoms with Gasteiger partial charge < -0.3 is 0 Å². The van der Waals surface area contributed by atoms with Gasteiger partial charge in [-0.1, -0.05) is 86.0 Å². The minimum Gasteiger partial charge on any atom is -0.264 e. The van der Waals surface area contributed by atoms with E-state index in [0.29, 0.717) is 0 Å². The maximum Gasteiger partial charge on any atom is 0.0731 e. The summed E-state index contributed by atoms with van der Waals surface area (Å²) in [7, 11) is 0. The Bertz CT molecular complexity index is 1850. The average Bonchev–Trinajstić information content (AvgIpc) is 3.35. The molecule has 8 rings (SSSR count). The van der Waals surface area contributed by atoms with E-state index in [1.165, 1.54) is 65.5 Å². The van der Waals surface area contributed by atoms with Crippen LogP contribution in [0.2, 0.25) is 0 Å². The number of aromatic nitrogens is 3. The number of fused-ring (bicyclic) bond motifs is 5. The Morgan fingerprint density at radius 2 is 1.12 bits per heavy atom. The fraction of sp³-hybridized carbons (Fsp3) is 0.154. The maximum atomic E-state index is 5.15. The first-order valence-corrected chi connectivity index (χ1v) is 15.0. The van der Waals surface area contributed by atoms with E-state index in [2.05, 4.69) is 101 Å². The predicted octanol–water partition coefficient (Wildman–Crippen LogP) is 9.77. The molecule has 0 bridgehead atoms. The van der Waals surface area contributed by atoms with E-state index in [-0.39, 0.29) is 5.41 Å². The monoisotopic (exact) mass is 541 g/mol. The lowest BCUT2D eigenvalue weighted by Crippen LogP contribution is -2.27. The van der Waals surface area contributed by atoms with Crippen LogP contribution >= 0.6 is 0 Å². The van der Waals surface area contributed by atoms with Gasteiger partial charge in [-0.05, 0) is 88.2 Å². The summed E-state index contributed by atoms with van der Waals surface area (Å²) in [6, 6.07) is 37.4. The molecule has 0 atom stereocenters. The lowest BCUT2D eigenvalue weighted by Gasteiger charge is -2.36. The number of hydrogen-bond donors (Lipinski definition) is 0. The van der Waals surface area contributed by atoms with Crippen LogP contribution in [0.3, 0.4) is 0 Å². The Kier molecular flexibility index (Phi) is 6.03. The van der Waals surface area contributed by atoms with Crippen molar-refractivity contribution >= 4 is 0 Å². The summed E-state index contributed by atoms with van der Waals surface area (Å²) in [6.07, 6.45) is 13.8. The van der Waals surface area contributed by atoms with E-state index in [9.17, 15) is 0 Å². The second kappa shape index (κ2) is 10.2. The van der Waals surface area contributed by atoms with Crippen LogP contribution < -0.4 is 0 Å². The normalized spacial score (nSPS) is 14.9. The highest BCUT2D eigenvalue weighted by molar-refractivity contribution is 5.93. The van der Waals surface area contributed by atoms with Gasteiger partial charge in [0.2, 0.25) is 0 Å². The van der Waals surface area contributed by atoms with Crippen molar-refractivity contribution in [2.75, 3.05) is 0 Å². The van der Waals surface area contributed by atoms with Crippen molar-refractivity contribution in [1.82, 2.24) is 15.0 Å². The smallest absolute Gasteiger partial charge is 0.0731 e. The van der Waals surface area contributed by atoms with Gasteiger partial charge in [-0.15, -0.1) is 0 Å². The summed E-state index contributed by atoms with van der Waals surface area (Å²) >= 11 is 0. The van der Waals surface area contributed by atoms with Crippen molar-refractivity contribution < 1.29 is 0 Å². The molecule has 2 aliphatic rings. The first kappa shape index (κ1) is 24.9. The molecular formula is C39H31N3. The number of hydrogen-bond acceptors (Lipinski definition) is 3. The van der Waals surface area contributed by atoms with E-state index in [0.717, 1.165) is 33.6 Å². The maximum absolute atomic E-state index is 5.15. The molecule has 3 aromatic heterocycles. The summed E-state index contributed by atoms with van der Waals surface area (Å²) < 4.78 is 0. The minimum atomic E-state index is 0.149. The molecule has 0 saturated heterocycles. The third kappa shape index (κ3) is 4.08.